The van der Waals surface area contributed by atoms with Crippen molar-refractivity contribution in [2.45, 2.75) is 31.2 Å². The lowest BCUT2D eigenvalue weighted by molar-refractivity contribution is 0.141. The van der Waals surface area contributed by atoms with E-state index in [2.05, 4.69) is 16.6 Å². The maximum atomic E-state index is 12.4. The number of nitrogens with two attached hydrogens (primary N) is 1. The minimum Gasteiger partial charge on any atom is -0.383 e. The van der Waals surface area contributed by atoms with Gasteiger partial charge in [-0.3, -0.25) is 0 Å². The van der Waals surface area contributed by atoms with Crippen LogP contribution in [0.1, 0.15) is 25.0 Å². The number of hydrogen-bond donors (Lipinski definition) is 2. The molecule has 0 saturated carbocycles. The molecule has 5 nitrogen and oxygen atoms in total. The Labute approximate surface area is 126 Å². The quantitative estimate of drug-likeness (QED) is 0.795. The highest BCUT2D eigenvalue weighted by Crippen LogP contribution is 2.17. The molecular formula is C15H22N2O3S. The van der Waals surface area contributed by atoms with Crippen molar-refractivity contribution < 1.29 is 13.2 Å². The number of methoxy groups -OCH3 is 1. The van der Waals surface area contributed by atoms with Crippen molar-refractivity contribution in [3.05, 3.63) is 29.3 Å². The van der Waals surface area contributed by atoms with Crippen LogP contribution >= 0.6 is 0 Å². The van der Waals surface area contributed by atoms with Crippen LogP contribution < -0.4 is 10.5 Å². The standard InChI is InChI=1S/C15H22N2O3S/c1-12-10-14(8-7-13(12)6-5-9-16)21(18,19)17-15(2,3)11-20-4/h7-8,10,17H,9,11,16H2,1-4H3. The highest BCUT2D eigenvalue weighted by molar-refractivity contribution is 7.89. The first kappa shape index (κ1) is 17.7. The zero-order valence-electron chi connectivity index (χ0n) is 12.9. The van der Waals surface area contributed by atoms with E-state index in [-0.39, 0.29) is 18.0 Å². The van der Waals surface area contributed by atoms with E-state index >= 15 is 0 Å². The van der Waals surface area contributed by atoms with Crippen molar-refractivity contribution in [1.29, 1.82) is 0 Å². The van der Waals surface area contributed by atoms with Crippen LogP contribution in [0.5, 0.6) is 0 Å². The summed E-state index contributed by atoms with van der Waals surface area (Å²) in [4.78, 5) is 0.211. The minimum absolute atomic E-state index is 0.211. The third-order valence-electron chi connectivity index (χ3n) is 2.75. The monoisotopic (exact) mass is 310 g/mol. The summed E-state index contributed by atoms with van der Waals surface area (Å²) in [6.07, 6.45) is 0. The Balaban J connectivity index is 3.08. The fourth-order valence-corrected chi connectivity index (χ4v) is 3.39. The van der Waals surface area contributed by atoms with Gasteiger partial charge in [0.15, 0.2) is 0 Å². The average Bonchev–Trinajstić information content (AvgIpc) is 2.35. The first-order valence-corrected chi connectivity index (χ1v) is 8.03. The number of rotatable bonds is 5. The van der Waals surface area contributed by atoms with Crippen LogP contribution in [-0.4, -0.2) is 34.2 Å². The molecule has 0 aromatic heterocycles. The minimum atomic E-state index is -3.60. The molecule has 0 atom stereocenters. The molecule has 116 valence electrons. The number of sulfonamides is 1. The van der Waals surface area contributed by atoms with Gasteiger partial charge in [0, 0.05) is 12.7 Å². The lowest BCUT2D eigenvalue weighted by atomic mass is 10.1. The van der Waals surface area contributed by atoms with Gasteiger partial charge in [0.25, 0.3) is 0 Å². The van der Waals surface area contributed by atoms with Crippen LogP contribution in [-0.2, 0) is 14.8 Å². The maximum absolute atomic E-state index is 12.4. The largest absolute Gasteiger partial charge is 0.383 e. The molecule has 0 radical (unpaired) electrons. The summed E-state index contributed by atoms with van der Waals surface area (Å²) in [6, 6.07) is 4.83. The molecule has 0 aliphatic heterocycles. The van der Waals surface area contributed by atoms with Gasteiger partial charge in [-0.2, -0.15) is 0 Å². The first-order chi connectivity index (χ1) is 9.72. The molecule has 1 rings (SSSR count). The Morgan fingerprint density at radius 2 is 2.05 bits per heavy atom. The summed E-state index contributed by atoms with van der Waals surface area (Å²) >= 11 is 0. The SMILES string of the molecule is COCC(C)(C)NS(=O)(=O)c1ccc(C#CCN)c(C)c1. The van der Waals surface area contributed by atoms with Crippen LogP contribution in [0.3, 0.4) is 0 Å². The van der Waals surface area contributed by atoms with Gasteiger partial charge in [-0.15, -0.1) is 0 Å². The number of hydrogen-bond acceptors (Lipinski definition) is 4. The van der Waals surface area contributed by atoms with E-state index in [9.17, 15) is 8.42 Å². The third kappa shape index (κ3) is 5.14. The van der Waals surface area contributed by atoms with Gasteiger partial charge >= 0.3 is 0 Å². The fraction of sp³-hybridized carbons (Fsp3) is 0.467. The predicted molar refractivity (Wildman–Crippen MR) is 83.4 cm³/mol. The average molecular weight is 310 g/mol. The highest BCUT2D eigenvalue weighted by Gasteiger charge is 2.26. The summed E-state index contributed by atoms with van der Waals surface area (Å²) in [5.74, 6) is 5.66. The molecule has 0 saturated heterocycles. The fourth-order valence-electron chi connectivity index (χ4n) is 1.90. The zero-order valence-corrected chi connectivity index (χ0v) is 13.7. The summed E-state index contributed by atoms with van der Waals surface area (Å²) in [5.41, 5.74) is 6.22. The third-order valence-corrected chi connectivity index (χ3v) is 4.44. The van der Waals surface area contributed by atoms with Crippen molar-refractivity contribution in [3.8, 4) is 11.8 Å². The Morgan fingerprint density at radius 3 is 2.57 bits per heavy atom. The van der Waals surface area contributed by atoms with Gasteiger partial charge in [0.1, 0.15) is 0 Å². The molecule has 0 fully saturated rings. The second-order valence-corrected chi connectivity index (χ2v) is 7.09. The smallest absolute Gasteiger partial charge is 0.241 e. The van der Waals surface area contributed by atoms with Crippen LogP contribution in [0, 0.1) is 18.8 Å². The number of ether oxygens (including phenoxy) is 1. The van der Waals surface area contributed by atoms with Crippen LogP contribution in [0.2, 0.25) is 0 Å². The second kappa shape index (κ2) is 7.05. The van der Waals surface area contributed by atoms with Crippen molar-refractivity contribution in [2.75, 3.05) is 20.3 Å². The van der Waals surface area contributed by atoms with Gasteiger partial charge in [-0.25, -0.2) is 13.1 Å². The van der Waals surface area contributed by atoms with E-state index in [0.29, 0.717) is 0 Å². The summed E-state index contributed by atoms with van der Waals surface area (Å²) in [6.45, 7) is 5.90. The zero-order chi connectivity index (χ0) is 16.1. The summed E-state index contributed by atoms with van der Waals surface area (Å²) in [5, 5.41) is 0. The van der Waals surface area contributed by atoms with Crippen molar-refractivity contribution in [3.63, 3.8) is 0 Å². The molecule has 0 amide bonds. The summed E-state index contributed by atoms with van der Waals surface area (Å²) < 4.78 is 32.4. The van der Waals surface area contributed by atoms with E-state index in [1.165, 1.54) is 7.11 Å². The molecule has 0 spiro atoms. The molecule has 0 heterocycles. The predicted octanol–water partition coefficient (Wildman–Crippen LogP) is 1.01. The Bertz CT molecular complexity index is 655. The van der Waals surface area contributed by atoms with E-state index in [1.807, 2.05) is 6.92 Å². The topological polar surface area (TPSA) is 81.4 Å². The molecule has 0 bridgehead atoms. The molecule has 21 heavy (non-hydrogen) atoms. The van der Waals surface area contributed by atoms with E-state index in [1.54, 1.807) is 32.0 Å². The van der Waals surface area contributed by atoms with Gasteiger partial charge in [0.2, 0.25) is 10.0 Å². The molecule has 0 aliphatic rings. The molecule has 6 heteroatoms. The van der Waals surface area contributed by atoms with Crippen molar-refractivity contribution in [1.82, 2.24) is 4.72 Å². The molecule has 0 aliphatic carbocycles. The second-order valence-electron chi connectivity index (χ2n) is 5.41. The Kier molecular flexibility index (Phi) is 5.93. The van der Waals surface area contributed by atoms with E-state index in [0.717, 1.165) is 11.1 Å². The molecular weight excluding hydrogens is 288 g/mol. The van der Waals surface area contributed by atoms with Gasteiger partial charge < -0.3 is 10.5 Å². The first-order valence-electron chi connectivity index (χ1n) is 6.54. The van der Waals surface area contributed by atoms with Gasteiger partial charge in [-0.1, -0.05) is 11.8 Å². The molecule has 3 N–H and O–H groups in total. The van der Waals surface area contributed by atoms with Gasteiger partial charge in [0.05, 0.1) is 23.6 Å². The maximum Gasteiger partial charge on any atom is 0.241 e. The van der Waals surface area contributed by atoms with Gasteiger partial charge in [-0.05, 0) is 44.5 Å². The van der Waals surface area contributed by atoms with Crippen LogP contribution in [0.15, 0.2) is 23.1 Å². The van der Waals surface area contributed by atoms with Crippen molar-refractivity contribution in [2.24, 2.45) is 5.73 Å². The Morgan fingerprint density at radius 1 is 1.38 bits per heavy atom. The highest BCUT2D eigenvalue weighted by atomic mass is 32.2. The van der Waals surface area contributed by atoms with Crippen molar-refractivity contribution >= 4 is 10.0 Å². The number of benzene rings is 1. The normalized spacial score (nSPS) is 11.9. The van der Waals surface area contributed by atoms with Crippen LogP contribution in [0.4, 0.5) is 0 Å². The molecule has 0 unspecified atom stereocenters. The lowest BCUT2D eigenvalue weighted by Gasteiger charge is -2.25. The summed E-state index contributed by atoms with van der Waals surface area (Å²) in [7, 11) is -2.07. The Hall–Kier alpha value is -1.39. The van der Waals surface area contributed by atoms with E-state index in [4.69, 9.17) is 10.5 Å². The number of nitrogens with one attached hydrogen (secondary N) is 1. The molecule has 1 aromatic rings. The number of aryl methyl sites for hydroxylation is 1. The lowest BCUT2D eigenvalue weighted by Crippen LogP contribution is -2.46. The van der Waals surface area contributed by atoms with E-state index < -0.39 is 15.6 Å². The molecule has 1 aromatic carbocycles. The van der Waals surface area contributed by atoms with Crippen LogP contribution in [0.25, 0.3) is 0 Å².